The summed E-state index contributed by atoms with van der Waals surface area (Å²) in [7, 11) is -3.61. The van der Waals surface area contributed by atoms with Gasteiger partial charge in [-0.3, -0.25) is 4.79 Å². The number of aromatic carboxylic acids is 1. The number of hydrogen-bond donors (Lipinski definition) is 2. The Bertz CT molecular complexity index is 981. The molecule has 2 N–H and O–H groups in total. The van der Waals surface area contributed by atoms with E-state index in [4.69, 9.17) is 0 Å². The van der Waals surface area contributed by atoms with E-state index in [9.17, 15) is 23.1 Å². The Kier molecular flexibility index (Phi) is 4.82. The molecule has 1 amide bonds. The van der Waals surface area contributed by atoms with Gasteiger partial charge in [-0.25, -0.2) is 13.2 Å². The first-order valence-corrected chi connectivity index (χ1v) is 10.1. The van der Waals surface area contributed by atoms with E-state index in [-0.39, 0.29) is 28.0 Å². The maximum Gasteiger partial charge on any atom is 0.335 e. The van der Waals surface area contributed by atoms with E-state index in [2.05, 4.69) is 5.32 Å². The van der Waals surface area contributed by atoms with Gasteiger partial charge in [-0.15, -0.1) is 0 Å². The van der Waals surface area contributed by atoms with Crippen molar-refractivity contribution in [3.8, 4) is 0 Å². The molecule has 2 aromatic carbocycles. The smallest absolute Gasteiger partial charge is 0.335 e. The summed E-state index contributed by atoms with van der Waals surface area (Å²) in [6.07, 6.45) is 3.50. The fraction of sp³-hybridized carbons (Fsp3) is 0.263. The standard InChI is InChI=1S/C19H19NO5S/c1-26(24,25)15-10-13(19(22)23)9-14(11-15)20-18(21)17-8-4-6-12-5-2-3-7-16(12)17/h2-3,5,7,9-11,17H,4,6,8H2,1H3,(H,20,21)(H,22,23)/t17-/m1/s1. The fourth-order valence-electron chi connectivity index (χ4n) is 3.26. The van der Waals surface area contributed by atoms with Crippen molar-refractivity contribution in [3.05, 3.63) is 59.2 Å². The highest BCUT2D eigenvalue weighted by atomic mass is 32.2. The number of nitrogens with one attached hydrogen (secondary N) is 1. The van der Waals surface area contributed by atoms with Gasteiger partial charge in [0, 0.05) is 11.9 Å². The summed E-state index contributed by atoms with van der Waals surface area (Å²) in [4.78, 5) is 23.9. The van der Waals surface area contributed by atoms with Crippen molar-refractivity contribution in [2.24, 2.45) is 0 Å². The molecular weight excluding hydrogens is 354 g/mol. The van der Waals surface area contributed by atoms with Gasteiger partial charge in [0.1, 0.15) is 0 Å². The van der Waals surface area contributed by atoms with E-state index >= 15 is 0 Å². The van der Waals surface area contributed by atoms with Crippen LogP contribution in [0.4, 0.5) is 5.69 Å². The van der Waals surface area contributed by atoms with E-state index in [0.717, 1.165) is 36.3 Å². The predicted octanol–water partition coefficient (Wildman–Crippen LogP) is 2.85. The van der Waals surface area contributed by atoms with Crippen LogP contribution in [0.2, 0.25) is 0 Å². The molecule has 0 radical (unpaired) electrons. The van der Waals surface area contributed by atoms with E-state index in [1.54, 1.807) is 0 Å². The van der Waals surface area contributed by atoms with E-state index in [0.29, 0.717) is 6.42 Å². The van der Waals surface area contributed by atoms with Crippen LogP contribution in [0.3, 0.4) is 0 Å². The minimum absolute atomic E-state index is 0.142. The zero-order valence-corrected chi connectivity index (χ0v) is 15.0. The van der Waals surface area contributed by atoms with Gasteiger partial charge in [0.2, 0.25) is 5.91 Å². The number of carboxylic acids is 1. The largest absolute Gasteiger partial charge is 0.478 e. The summed E-state index contributed by atoms with van der Waals surface area (Å²) in [6.45, 7) is 0. The number of rotatable bonds is 4. The lowest BCUT2D eigenvalue weighted by atomic mass is 9.82. The lowest BCUT2D eigenvalue weighted by Gasteiger charge is -2.24. The SMILES string of the molecule is CS(=O)(=O)c1cc(NC(=O)[C@@H]2CCCc3ccccc32)cc(C(=O)O)c1. The molecule has 26 heavy (non-hydrogen) atoms. The number of aryl methyl sites for hydroxylation is 1. The summed E-state index contributed by atoms with van der Waals surface area (Å²) in [5, 5.41) is 11.9. The first-order chi connectivity index (χ1) is 12.3. The van der Waals surface area contributed by atoms with E-state index in [1.807, 2.05) is 24.3 Å². The van der Waals surface area contributed by atoms with Crippen molar-refractivity contribution in [3.63, 3.8) is 0 Å². The van der Waals surface area contributed by atoms with Crippen LogP contribution in [0, 0.1) is 0 Å². The number of carbonyl (C=O) groups is 2. The summed E-state index contributed by atoms with van der Waals surface area (Å²) < 4.78 is 23.6. The predicted molar refractivity (Wildman–Crippen MR) is 97.3 cm³/mol. The summed E-state index contributed by atoms with van der Waals surface area (Å²) in [5.41, 5.74) is 2.08. The molecule has 2 aromatic rings. The van der Waals surface area contributed by atoms with Crippen molar-refractivity contribution in [1.82, 2.24) is 0 Å². The highest BCUT2D eigenvalue weighted by Gasteiger charge is 2.26. The molecular formula is C19H19NO5S. The second-order valence-electron chi connectivity index (χ2n) is 6.46. The molecule has 1 aliphatic carbocycles. The molecule has 136 valence electrons. The number of sulfone groups is 1. The Balaban J connectivity index is 1.93. The van der Waals surface area contributed by atoms with Crippen molar-refractivity contribution >= 4 is 27.4 Å². The van der Waals surface area contributed by atoms with Crippen LogP contribution in [-0.4, -0.2) is 31.7 Å². The molecule has 0 heterocycles. The first kappa shape index (κ1) is 18.1. The second-order valence-corrected chi connectivity index (χ2v) is 8.47. The molecule has 6 nitrogen and oxygen atoms in total. The van der Waals surface area contributed by atoms with Crippen LogP contribution >= 0.6 is 0 Å². The summed E-state index contributed by atoms with van der Waals surface area (Å²) in [5.74, 6) is -1.86. The Labute approximate surface area is 151 Å². The minimum Gasteiger partial charge on any atom is -0.478 e. The van der Waals surface area contributed by atoms with Gasteiger partial charge < -0.3 is 10.4 Å². The van der Waals surface area contributed by atoms with E-state index < -0.39 is 15.8 Å². The number of benzene rings is 2. The number of carbonyl (C=O) groups excluding carboxylic acids is 1. The lowest BCUT2D eigenvalue weighted by Crippen LogP contribution is -2.25. The number of carboxylic acid groups (broad SMARTS) is 1. The molecule has 0 aromatic heterocycles. The maximum absolute atomic E-state index is 12.8. The molecule has 1 aliphatic rings. The van der Waals surface area contributed by atoms with Crippen molar-refractivity contribution in [2.75, 3.05) is 11.6 Å². The van der Waals surface area contributed by atoms with Crippen LogP contribution in [0.25, 0.3) is 0 Å². The monoisotopic (exact) mass is 373 g/mol. The average molecular weight is 373 g/mol. The van der Waals surface area contributed by atoms with Gasteiger partial charge in [-0.1, -0.05) is 24.3 Å². The molecule has 0 bridgehead atoms. The molecule has 3 rings (SSSR count). The third-order valence-corrected chi connectivity index (χ3v) is 5.63. The van der Waals surface area contributed by atoms with Gasteiger partial charge in [-0.05, 0) is 48.6 Å². The average Bonchev–Trinajstić information content (AvgIpc) is 2.60. The molecule has 0 aliphatic heterocycles. The maximum atomic E-state index is 12.8. The number of anilines is 1. The number of amides is 1. The topological polar surface area (TPSA) is 101 Å². The first-order valence-electron chi connectivity index (χ1n) is 8.23. The van der Waals surface area contributed by atoms with Gasteiger partial charge in [0.15, 0.2) is 9.84 Å². The minimum atomic E-state index is -3.61. The molecule has 0 spiro atoms. The quantitative estimate of drug-likeness (QED) is 0.858. The number of hydrogen-bond acceptors (Lipinski definition) is 4. The van der Waals surface area contributed by atoms with Crippen LogP contribution in [0.1, 0.15) is 40.2 Å². The van der Waals surface area contributed by atoms with Crippen LogP contribution in [0.15, 0.2) is 47.4 Å². The molecule has 1 atom stereocenters. The molecule has 0 fully saturated rings. The Morgan fingerprint density at radius 2 is 1.88 bits per heavy atom. The highest BCUT2D eigenvalue weighted by Crippen LogP contribution is 2.32. The molecule has 7 heteroatoms. The van der Waals surface area contributed by atoms with Crippen LogP contribution < -0.4 is 5.32 Å². The second kappa shape index (κ2) is 6.92. The summed E-state index contributed by atoms with van der Waals surface area (Å²) in [6, 6.07) is 11.4. The molecule has 0 saturated heterocycles. The van der Waals surface area contributed by atoms with Gasteiger partial charge in [0.25, 0.3) is 0 Å². The fourth-order valence-corrected chi connectivity index (χ4v) is 3.95. The summed E-state index contributed by atoms with van der Waals surface area (Å²) >= 11 is 0. The Hall–Kier alpha value is -2.67. The zero-order chi connectivity index (χ0) is 18.9. The van der Waals surface area contributed by atoms with Gasteiger partial charge in [-0.2, -0.15) is 0 Å². The molecule has 0 saturated carbocycles. The van der Waals surface area contributed by atoms with Crippen molar-refractivity contribution in [2.45, 2.75) is 30.1 Å². The van der Waals surface area contributed by atoms with Crippen LogP contribution in [0.5, 0.6) is 0 Å². The number of fused-ring (bicyclic) bond motifs is 1. The van der Waals surface area contributed by atoms with Gasteiger partial charge in [0.05, 0.1) is 16.4 Å². The Morgan fingerprint density at radius 1 is 1.15 bits per heavy atom. The third kappa shape index (κ3) is 3.77. The van der Waals surface area contributed by atoms with E-state index in [1.165, 1.54) is 12.1 Å². The highest BCUT2D eigenvalue weighted by molar-refractivity contribution is 7.90. The normalized spacial score (nSPS) is 16.6. The van der Waals surface area contributed by atoms with Crippen molar-refractivity contribution in [1.29, 1.82) is 0 Å². The van der Waals surface area contributed by atoms with Gasteiger partial charge >= 0.3 is 5.97 Å². The van der Waals surface area contributed by atoms with Crippen LogP contribution in [-0.2, 0) is 21.1 Å². The molecule has 0 unspecified atom stereocenters. The zero-order valence-electron chi connectivity index (χ0n) is 14.2. The third-order valence-electron chi connectivity index (χ3n) is 4.54. The lowest BCUT2D eigenvalue weighted by molar-refractivity contribution is -0.117. The Morgan fingerprint density at radius 3 is 2.58 bits per heavy atom. The van der Waals surface area contributed by atoms with Crippen molar-refractivity contribution < 1.29 is 23.1 Å².